The monoisotopic (exact) mass is 360 g/mol. The molecule has 4 heteroatoms. The third-order valence-corrected chi connectivity index (χ3v) is 5.73. The Bertz CT molecular complexity index is 1040. The molecule has 0 atom stereocenters. The lowest BCUT2D eigenvalue weighted by Gasteiger charge is -2.28. The number of nitrogens with zero attached hydrogens (tertiary/aromatic N) is 2. The number of pyridine rings is 1. The Balaban J connectivity index is 1.61. The van der Waals surface area contributed by atoms with Gasteiger partial charge >= 0.3 is 0 Å². The van der Waals surface area contributed by atoms with E-state index >= 15 is 0 Å². The lowest BCUT2D eigenvalue weighted by molar-refractivity contribution is 0.631. The lowest BCUT2D eigenvalue weighted by Crippen LogP contribution is -2.31. The summed E-state index contributed by atoms with van der Waals surface area (Å²) in [7, 11) is 0. The molecule has 0 radical (unpaired) electrons. The second kappa shape index (κ2) is 5.99. The van der Waals surface area contributed by atoms with Crippen molar-refractivity contribution in [3.05, 3.63) is 71.8 Å². The Morgan fingerprint density at radius 1 is 0.885 bits per heavy atom. The predicted octanol–water partition coefficient (Wildman–Crippen LogP) is 5.19. The van der Waals surface area contributed by atoms with Crippen molar-refractivity contribution in [2.24, 2.45) is 0 Å². The number of rotatable bonds is 2. The molecule has 2 aliphatic heterocycles. The summed E-state index contributed by atoms with van der Waals surface area (Å²) in [5.74, 6) is -0.223. The van der Waals surface area contributed by atoms with Crippen molar-refractivity contribution in [1.82, 2.24) is 4.98 Å². The van der Waals surface area contributed by atoms with Gasteiger partial charge < -0.3 is 4.90 Å². The first-order valence-electron chi connectivity index (χ1n) is 8.87. The highest BCUT2D eigenvalue weighted by atomic mass is 32.1. The van der Waals surface area contributed by atoms with E-state index in [0.717, 1.165) is 47.5 Å². The van der Waals surface area contributed by atoms with Crippen molar-refractivity contribution >= 4 is 22.9 Å². The number of anilines is 1. The van der Waals surface area contributed by atoms with E-state index in [2.05, 4.69) is 22.0 Å². The van der Waals surface area contributed by atoms with Crippen LogP contribution in [-0.4, -0.2) is 16.5 Å². The Labute approximate surface area is 157 Å². The fourth-order valence-electron chi connectivity index (χ4n) is 4.06. The second-order valence-electron chi connectivity index (χ2n) is 6.88. The number of aryl methyl sites for hydroxylation is 1. The highest BCUT2D eigenvalue weighted by Crippen LogP contribution is 2.40. The second-order valence-corrected chi connectivity index (χ2v) is 7.35. The SMILES string of the molecule is Fc1ccccc1-c1cncc(-c2cc3c4c(c2)CCN4C(=S)CC3)c1. The van der Waals surface area contributed by atoms with Gasteiger partial charge in [0.25, 0.3) is 0 Å². The highest BCUT2D eigenvalue weighted by Gasteiger charge is 2.29. The summed E-state index contributed by atoms with van der Waals surface area (Å²) in [5.41, 5.74) is 7.60. The topological polar surface area (TPSA) is 16.1 Å². The van der Waals surface area contributed by atoms with Crippen LogP contribution in [0.15, 0.2) is 54.9 Å². The maximum atomic E-state index is 14.1. The molecule has 2 nitrogen and oxygen atoms in total. The summed E-state index contributed by atoms with van der Waals surface area (Å²) in [6, 6.07) is 13.4. The van der Waals surface area contributed by atoms with Crippen molar-refractivity contribution < 1.29 is 4.39 Å². The Kier molecular flexibility index (Phi) is 3.61. The van der Waals surface area contributed by atoms with Gasteiger partial charge in [0.2, 0.25) is 0 Å². The summed E-state index contributed by atoms with van der Waals surface area (Å²) in [6.07, 6.45) is 6.54. The fraction of sp³-hybridized carbons (Fsp3) is 0.182. The van der Waals surface area contributed by atoms with Crippen LogP contribution in [-0.2, 0) is 12.8 Å². The van der Waals surface area contributed by atoms with Crippen molar-refractivity contribution in [2.45, 2.75) is 19.3 Å². The molecular weight excluding hydrogens is 343 g/mol. The zero-order chi connectivity index (χ0) is 17.7. The van der Waals surface area contributed by atoms with Crippen LogP contribution in [0.25, 0.3) is 22.3 Å². The van der Waals surface area contributed by atoms with Gasteiger partial charge in [-0.1, -0.05) is 30.4 Å². The molecule has 2 aliphatic rings. The van der Waals surface area contributed by atoms with Crippen molar-refractivity contribution in [2.75, 3.05) is 11.4 Å². The van der Waals surface area contributed by atoms with Gasteiger partial charge in [0.1, 0.15) is 5.82 Å². The van der Waals surface area contributed by atoms with Gasteiger partial charge in [-0.3, -0.25) is 4.98 Å². The Morgan fingerprint density at radius 3 is 2.50 bits per heavy atom. The summed E-state index contributed by atoms with van der Waals surface area (Å²) in [5, 5.41) is 0. The zero-order valence-corrected chi connectivity index (χ0v) is 15.0. The highest BCUT2D eigenvalue weighted by molar-refractivity contribution is 7.80. The molecule has 2 aromatic carbocycles. The normalized spacial score (nSPS) is 15.3. The van der Waals surface area contributed by atoms with E-state index in [-0.39, 0.29) is 5.82 Å². The molecule has 128 valence electrons. The van der Waals surface area contributed by atoms with Gasteiger partial charge in [-0.2, -0.15) is 0 Å². The molecular formula is C22H17FN2S. The third kappa shape index (κ3) is 2.44. The van der Waals surface area contributed by atoms with Crippen molar-refractivity contribution in [3.63, 3.8) is 0 Å². The molecule has 5 rings (SSSR count). The maximum absolute atomic E-state index is 14.1. The van der Waals surface area contributed by atoms with E-state index < -0.39 is 0 Å². The molecule has 0 unspecified atom stereocenters. The van der Waals surface area contributed by atoms with E-state index in [1.54, 1.807) is 18.3 Å². The molecule has 0 N–H and O–H groups in total. The van der Waals surface area contributed by atoms with E-state index in [1.165, 1.54) is 22.9 Å². The summed E-state index contributed by atoms with van der Waals surface area (Å²) >= 11 is 5.53. The molecule has 0 saturated heterocycles. The summed E-state index contributed by atoms with van der Waals surface area (Å²) in [4.78, 5) is 7.73. The fourth-order valence-corrected chi connectivity index (χ4v) is 4.35. The molecule has 3 heterocycles. The van der Waals surface area contributed by atoms with Gasteiger partial charge in [-0.15, -0.1) is 0 Å². The van der Waals surface area contributed by atoms with E-state index in [9.17, 15) is 4.39 Å². The molecule has 0 bridgehead atoms. The first-order valence-corrected chi connectivity index (χ1v) is 9.28. The standard InChI is InChI=1S/C22H17FN2S/c23-20-4-2-1-3-19(20)18-11-17(12-24-13-18)16-9-14-5-6-21(26)25-8-7-15(10-16)22(14)25/h1-4,9-13H,5-8H2. The minimum absolute atomic E-state index is 0.223. The van der Waals surface area contributed by atoms with Crippen LogP contribution in [0.1, 0.15) is 17.5 Å². The van der Waals surface area contributed by atoms with E-state index in [4.69, 9.17) is 12.2 Å². The van der Waals surface area contributed by atoms with Crippen molar-refractivity contribution in [1.29, 1.82) is 0 Å². The minimum atomic E-state index is -0.223. The van der Waals surface area contributed by atoms with Gasteiger partial charge in [0.05, 0.1) is 4.99 Å². The first-order chi connectivity index (χ1) is 12.7. The van der Waals surface area contributed by atoms with Gasteiger partial charge in [0.15, 0.2) is 0 Å². The molecule has 0 aliphatic carbocycles. The smallest absolute Gasteiger partial charge is 0.131 e. The molecule has 0 saturated carbocycles. The van der Waals surface area contributed by atoms with Gasteiger partial charge in [-0.25, -0.2) is 4.39 Å². The van der Waals surface area contributed by atoms with E-state index in [0.29, 0.717) is 5.56 Å². The van der Waals surface area contributed by atoms with Crippen LogP contribution >= 0.6 is 12.2 Å². The van der Waals surface area contributed by atoms with Crippen LogP contribution < -0.4 is 4.90 Å². The number of hydrogen-bond acceptors (Lipinski definition) is 2. The third-order valence-electron chi connectivity index (χ3n) is 5.31. The van der Waals surface area contributed by atoms with Crippen LogP contribution in [0.3, 0.4) is 0 Å². The van der Waals surface area contributed by atoms with Gasteiger partial charge in [0, 0.05) is 47.7 Å². The van der Waals surface area contributed by atoms with Crippen LogP contribution in [0, 0.1) is 5.82 Å². The Hall–Kier alpha value is -2.59. The van der Waals surface area contributed by atoms with Gasteiger partial charge in [-0.05, 0) is 53.8 Å². The summed E-state index contributed by atoms with van der Waals surface area (Å²) < 4.78 is 14.1. The van der Waals surface area contributed by atoms with Crippen LogP contribution in [0.4, 0.5) is 10.1 Å². The number of benzene rings is 2. The summed E-state index contributed by atoms with van der Waals surface area (Å²) in [6.45, 7) is 0.984. The largest absolute Gasteiger partial charge is 0.335 e. The maximum Gasteiger partial charge on any atom is 0.131 e. The van der Waals surface area contributed by atoms with E-state index in [1.807, 2.05) is 18.3 Å². The molecule has 3 aromatic rings. The zero-order valence-electron chi connectivity index (χ0n) is 14.2. The van der Waals surface area contributed by atoms with Crippen LogP contribution in [0.2, 0.25) is 0 Å². The lowest BCUT2D eigenvalue weighted by atomic mass is 9.93. The minimum Gasteiger partial charge on any atom is -0.335 e. The molecule has 0 amide bonds. The molecule has 26 heavy (non-hydrogen) atoms. The average Bonchev–Trinajstić information content (AvgIpc) is 3.11. The number of hydrogen-bond donors (Lipinski definition) is 0. The number of thiocarbonyl (C=S) groups is 1. The molecule has 0 spiro atoms. The average molecular weight is 360 g/mol. The van der Waals surface area contributed by atoms with Crippen molar-refractivity contribution in [3.8, 4) is 22.3 Å². The van der Waals surface area contributed by atoms with Crippen LogP contribution in [0.5, 0.6) is 0 Å². The predicted molar refractivity (Wildman–Crippen MR) is 107 cm³/mol. The number of halogens is 1. The quantitative estimate of drug-likeness (QED) is 0.585. The molecule has 1 aromatic heterocycles. The number of aromatic nitrogens is 1. The molecule has 0 fully saturated rings. The Morgan fingerprint density at radius 2 is 1.65 bits per heavy atom. The first kappa shape index (κ1) is 15.6.